The lowest BCUT2D eigenvalue weighted by Crippen LogP contribution is -2.37. The first kappa shape index (κ1) is 9.47. The minimum atomic E-state index is -3.42. The highest BCUT2D eigenvalue weighted by molar-refractivity contribution is 7.92. The highest BCUT2D eigenvalue weighted by Crippen LogP contribution is 2.06. The van der Waals surface area contributed by atoms with Crippen LogP contribution in [0.25, 0.3) is 0 Å². The molecule has 0 bridgehead atoms. The maximum Gasteiger partial charge on any atom is 0.323 e. The number of nitrogens with one attached hydrogen (secondary N) is 1. The number of rotatable bonds is 1. The number of hydrogen-bond acceptors (Lipinski definition) is 4. The van der Waals surface area contributed by atoms with Crippen LogP contribution >= 0.6 is 0 Å². The summed E-state index contributed by atoms with van der Waals surface area (Å²) in [6, 6.07) is 0. The second-order valence-corrected chi connectivity index (χ2v) is 5.05. The Bertz CT molecular complexity index is 271. The zero-order valence-electron chi connectivity index (χ0n) is 6.49. The molecule has 0 amide bonds. The van der Waals surface area contributed by atoms with Gasteiger partial charge in [0.1, 0.15) is 0 Å². The van der Waals surface area contributed by atoms with Crippen molar-refractivity contribution in [2.75, 3.05) is 18.8 Å². The average Bonchev–Trinajstić information content (AvgIpc) is 2.09. The molecule has 1 aliphatic rings. The molecular weight excluding hydrogens is 182 g/mol. The highest BCUT2D eigenvalue weighted by Gasteiger charge is 2.33. The lowest BCUT2D eigenvalue weighted by Gasteiger charge is -2.08. The molecule has 2 N–H and O–H groups in total. The van der Waals surface area contributed by atoms with Gasteiger partial charge in [-0.3, -0.25) is 4.79 Å². The summed E-state index contributed by atoms with van der Waals surface area (Å²) in [5, 5.41) is 10.1. The van der Waals surface area contributed by atoms with Crippen LogP contribution < -0.4 is 5.32 Å². The van der Waals surface area contributed by atoms with Crippen molar-refractivity contribution in [3.05, 3.63) is 0 Å². The first-order chi connectivity index (χ1) is 5.54. The minimum Gasteiger partial charge on any atom is -0.480 e. The van der Waals surface area contributed by atoms with Crippen LogP contribution in [0.15, 0.2) is 0 Å². The van der Waals surface area contributed by atoms with Gasteiger partial charge in [0.05, 0.1) is 5.75 Å². The fourth-order valence-corrected chi connectivity index (χ4v) is 2.65. The average molecular weight is 193 g/mol. The van der Waals surface area contributed by atoms with Crippen LogP contribution in [0.1, 0.15) is 6.42 Å². The summed E-state index contributed by atoms with van der Waals surface area (Å²) in [7, 11) is -3.42. The third kappa shape index (κ3) is 1.95. The fourth-order valence-electron chi connectivity index (χ4n) is 1.14. The summed E-state index contributed by atoms with van der Waals surface area (Å²) in [4.78, 5) is 10.5. The molecule has 5 nitrogen and oxygen atoms in total. The van der Waals surface area contributed by atoms with Gasteiger partial charge in [0.2, 0.25) is 0 Å². The number of hydrogen-bond donors (Lipinski definition) is 2. The molecule has 0 aromatic heterocycles. The van der Waals surface area contributed by atoms with Crippen molar-refractivity contribution in [2.24, 2.45) is 0 Å². The van der Waals surface area contributed by atoms with Gasteiger partial charge < -0.3 is 10.4 Å². The van der Waals surface area contributed by atoms with E-state index in [0.29, 0.717) is 13.0 Å². The molecule has 1 atom stereocenters. The molecule has 6 heteroatoms. The third-order valence-electron chi connectivity index (χ3n) is 1.82. The van der Waals surface area contributed by atoms with Crippen LogP contribution in [-0.2, 0) is 14.6 Å². The van der Waals surface area contributed by atoms with Crippen LogP contribution in [0.3, 0.4) is 0 Å². The predicted molar refractivity (Wildman–Crippen MR) is 42.7 cm³/mol. The molecule has 1 saturated heterocycles. The lowest BCUT2D eigenvalue weighted by molar-refractivity contribution is -0.136. The molecule has 70 valence electrons. The van der Waals surface area contributed by atoms with Crippen molar-refractivity contribution in [3.63, 3.8) is 0 Å². The van der Waals surface area contributed by atoms with E-state index in [1.807, 2.05) is 0 Å². The summed E-state index contributed by atoms with van der Waals surface area (Å²) in [5.41, 5.74) is 0. The highest BCUT2D eigenvalue weighted by atomic mass is 32.2. The molecule has 1 rings (SSSR count). The maximum absolute atomic E-state index is 11.2. The van der Waals surface area contributed by atoms with E-state index in [1.165, 1.54) is 0 Å². The quantitative estimate of drug-likeness (QED) is 0.549. The van der Waals surface area contributed by atoms with Crippen LogP contribution in [0, 0.1) is 0 Å². The van der Waals surface area contributed by atoms with E-state index in [-0.39, 0.29) is 12.3 Å². The Balaban J connectivity index is 2.87. The van der Waals surface area contributed by atoms with Gasteiger partial charge in [-0.1, -0.05) is 0 Å². The smallest absolute Gasteiger partial charge is 0.323 e. The SMILES string of the molecule is O=C(O)C1CNCCCS1(=O)=O. The van der Waals surface area contributed by atoms with Gasteiger partial charge in [-0.25, -0.2) is 8.42 Å². The van der Waals surface area contributed by atoms with E-state index >= 15 is 0 Å². The van der Waals surface area contributed by atoms with Gasteiger partial charge in [-0.15, -0.1) is 0 Å². The molecule has 0 aromatic carbocycles. The van der Waals surface area contributed by atoms with Crippen molar-refractivity contribution in [1.82, 2.24) is 5.32 Å². The number of aliphatic carboxylic acids is 1. The Hall–Kier alpha value is -0.620. The van der Waals surface area contributed by atoms with Gasteiger partial charge in [0.15, 0.2) is 15.1 Å². The molecule has 12 heavy (non-hydrogen) atoms. The lowest BCUT2D eigenvalue weighted by atomic mass is 10.4. The summed E-state index contributed by atoms with van der Waals surface area (Å²) in [6.45, 7) is 0.598. The van der Waals surface area contributed by atoms with Gasteiger partial charge in [0, 0.05) is 6.54 Å². The van der Waals surface area contributed by atoms with Crippen LogP contribution in [0.2, 0.25) is 0 Å². The molecule has 1 unspecified atom stereocenters. The zero-order valence-corrected chi connectivity index (χ0v) is 7.30. The summed E-state index contributed by atoms with van der Waals surface area (Å²) >= 11 is 0. The molecule has 0 aromatic rings. The molecule has 0 aliphatic carbocycles. The summed E-state index contributed by atoms with van der Waals surface area (Å²) < 4.78 is 22.4. The largest absolute Gasteiger partial charge is 0.480 e. The Morgan fingerprint density at radius 1 is 1.50 bits per heavy atom. The molecule has 1 heterocycles. The van der Waals surface area contributed by atoms with E-state index in [1.54, 1.807) is 0 Å². The third-order valence-corrected chi connectivity index (χ3v) is 3.91. The van der Waals surface area contributed by atoms with E-state index in [9.17, 15) is 13.2 Å². The Kier molecular flexibility index (Phi) is 2.69. The van der Waals surface area contributed by atoms with Crippen molar-refractivity contribution >= 4 is 15.8 Å². The second-order valence-electron chi connectivity index (χ2n) is 2.75. The van der Waals surface area contributed by atoms with Gasteiger partial charge in [-0.2, -0.15) is 0 Å². The zero-order chi connectivity index (χ0) is 9.19. The number of carbonyl (C=O) groups is 1. The molecule has 0 saturated carbocycles. The number of carboxylic acid groups (broad SMARTS) is 1. The maximum atomic E-state index is 11.2. The number of sulfone groups is 1. The van der Waals surface area contributed by atoms with Crippen molar-refractivity contribution in [3.8, 4) is 0 Å². The second kappa shape index (κ2) is 3.40. The Labute approximate surface area is 70.7 Å². The van der Waals surface area contributed by atoms with Crippen molar-refractivity contribution < 1.29 is 18.3 Å². The first-order valence-corrected chi connectivity index (χ1v) is 5.40. The van der Waals surface area contributed by atoms with Gasteiger partial charge >= 0.3 is 5.97 Å². The first-order valence-electron chi connectivity index (χ1n) is 3.69. The van der Waals surface area contributed by atoms with Crippen molar-refractivity contribution in [1.29, 1.82) is 0 Å². The predicted octanol–water partition coefficient (Wildman–Crippen LogP) is -1.15. The van der Waals surface area contributed by atoms with E-state index in [2.05, 4.69) is 5.32 Å². The van der Waals surface area contributed by atoms with Gasteiger partial charge in [0.25, 0.3) is 0 Å². The molecule has 0 spiro atoms. The molecule has 1 aliphatic heterocycles. The van der Waals surface area contributed by atoms with E-state index < -0.39 is 21.1 Å². The van der Waals surface area contributed by atoms with Crippen LogP contribution in [-0.4, -0.2) is 43.6 Å². The summed E-state index contributed by atoms with van der Waals surface area (Å²) in [6.07, 6.45) is 0.492. The van der Waals surface area contributed by atoms with Gasteiger partial charge in [-0.05, 0) is 13.0 Å². The number of carboxylic acids is 1. The van der Waals surface area contributed by atoms with Crippen LogP contribution in [0.4, 0.5) is 0 Å². The summed E-state index contributed by atoms with van der Waals surface area (Å²) in [5.74, 6) is -1.29. The van der Waals surface area contributed by atoms with E-state index in [4.69, 9.17) is 5.11 Å². The van der Waals surface area contributed by atoms with Crippen molar-refractivity contribution in [2.45, 2.75) is 11.7 Å². The fraction of sp³-hybridized carbons (Fsp3) is 0.833. The monoisotopic (exact) mass is 193 g/mol. The minimum absolute atomic E-state index is 0.0255. The molecule has 0 radical (unpaired) electrons. The standard InChI is InChI=1S/C6H11NO4S/c8-6(9)5-4-7-2-1-3-12(5,10)11/h5,7H,1-4H2,(H,8,9). The van der Waals surface area contributed by atoms with E-state index in [0.717, 1.165) is 0 Å². The topological polar surface area (TPSA) is 83.5 Å². The van der Waals surface area contributed by atoms with Crippen LogP contribution in [0.5, 0.6) is 0 Å². The molecular formula is C6H11NO4S. The Morgan fingerprint density at radius 2 is 2.17 bits per heavy atom. The Morgan fingerprint density at radius 3 is 2.75 bits per heavy atom. The normalized spacial score (nSPS) is 29.2. The molecule has 1 fully saturated rings.